The number of ether oxygens (including phenoxy) is 1. The zero-order chi connectivity index (χ0) is 20.5. The lowest BCUT2D eigenvalue weighted by Crippen LogP contribution is -2.32. The quantitative estimate of drug-likeness (QED) is 0.568. The highest BCUT2D eigenvalue weighted by atomic mass is 16.5. The topological polar surface area (TPSA) is 67.4 Å². The first-order chi connectivity index (χ1) is 14.2. The predicted molar refractivity (Wildman–Crippen MR) is 114 cm³/mol. The van der Waals surface area contributed by atoms with Crippen LogP contribution in [0.2, 0.25) is 0 Å². The van der Waals surface area contributed by atoms with Crippen molar-refractivity contribution < 1.29 is 14.3 Å². The van der Waals surface area contributed by atoms with Crippen LogP contribution in [0, 0.1) is 0 Å². The number of anilines is 1. The molecule has 0 saturated heterocycles. The molecule has 0 fully saturated rings. The molecule has 0 unspecified atom stereocenters. The molecule has 0 aromatic heterocycles. The van der Waals surface area contributed by atoms with Crippen molar-refractivity contribution in [2.45, 2.75) is 13.0 Å². The van der Waals surface area contributed by atoms with Gasteiger partial charge in [0.15, 0.2) is 0 Å². The van der Waals surface area contributed by atoms with E-state index in [4.69, 9.17) is 4.74 Å². The van der Waals surface area contributed by atoms with Crippen LogP contribution >= 0.6 is 0 Å². The normalized spacial score (nSPS) is 10.6. The van der Waals surface area contributed by atoms with Crippen LogP contribution in [0.15, 0.2) is 84.9 Å². The van der Waals surface area contributed by atoms with Crippen molar-refractivity contribution in [2.75, 3.05) is 18.5 Å². The van der Waals surface area contributed by atoms with Gasteiger partial charge in [0, 0.05) is 0 Å². The van der Waals surface area contributed by atoms with Gasteiger partial charge >= 0.3 is 5.97 Å². The average molecular weight is 388 g/mol. The molecule has 0 aliphatic heterocycles. The van der Waals surface area contributed by atoms with Crippen LogP contribution in [-0.4, -0.2) is 25.0 Å². The Balaban J connectivity index is 1.71. The minimum Gasteiger partial charge on any atom is -0.462 e. The Labute approximate surface area is 170 Å². The third-order valence-electron chi connectivity index (χ3n) is 4.43. The van der Waals surface area contributed by atoms with Gasteiger partial charge in [-0.2, -0.15) is 0 Å². The molecule has 0 saturated carbocycles. The molecular weight excluding hydrogens is 364 g/mol. The summed E-state index contributed by atoms with van der Waals surface area (Å²) in [5.41, 5.74) is 2.91. The SMILES string of the molecule is CCOC(=O)c1ccccc1NC(=O)CNC(c1ccccc1)c1ccccc1. The van der Waals surface area contributed by atoms with E-state index in [9.17, 15) is 9.59 Å². The minimum atomic E-state index is -0.456. The van der Waals surface area contributed by atoms with Gasteiger partial charge in [0.05, 0.1) is 30.4 Å². The lowest BCUT2D eigenvalue weighted by atomic mass is 9.99. The summed E-state index contributed by atoms with van der Waals surface area (Å²) in [4.78, 5) is 24.7. The summed E-state index contributed by atoms with van der Waals surface area (Å²) in [6.07, 6.45) is 0. The summed E-state index contributed by atoms with van der Waals surface area (Å²) in [6.45, 7) is 2.11. The number of benzene rings is 3. The maximum atomic E-state index is 12.6. The van der Waals surface area contributed by atoms with Crippen LogP contribution in [0.5, 0.6) is 0 Å². The molecule has 5 heteroatoms. The van der Waals surface area contributed by atoms with Gasteiger partial charge in [0.2, 0.25) is 5.91 Å². The van der Waals surface area contributed by atoms with E-state index in [1.54, 1.807) is 31.2 Å². The highest BCUT2D eigenvalue weighted by Crippen LogP contribution is 2.22. The molecule has 148 valence electrons. The molecule has 3 aromatic carbocycles. The number of esters is 1. The van der Waals surface area contributed by atoms with Gasteiger partial charge in [-0.05, 0) is 30.2 Å². The van der Waals surface area contributed by atoms with Crippen LogP contribution in [-0.2, 0) is 9.53 Å². The van der Waals surface area contributed by atoms with Gasteiger partial charge in [-0.1, -0.05) is 72.8 Å². The number of carbonyl (C=O) groups is 2. The van der Waals surface area contributed by atoms with Gasteiger partial charge < -0.3 is 10.1 Å². The summed E-state index contributed by atoms with van der Waals surface area (Å²) >= 11 is 0. The van der Waals surface area contributed by atoms with Crippen LogP contribution < -0.4 is 10.6 Å². The third-order valence-corrected chi connectivity index (χ3v) is 4.43. The molecule has 0 radical (unpaired) electrons. The molecule has 5 nitrogen and oxygen atoms in total. The van der Waals surface area contributed by atoms with Crippen LogP contribution in [0.1, 0.15) is 34.5 Å². The molecular formula is C24H24N2O3. The fraction of sp³-hybridized carbons (Fsp3) is 0.167. The number of hydrogen-bond donors (Lipinski definition) is 2. The molecule has 0 bridgehead atoms. The molecule has 0 aliphatic carbocycles. The average Bonchev–Trinajstić information content (AvgIpc) is 2.76. The Morgan fingerprint density at radius 1 is 0.828 bits per heavy atom. The fourth-order valence-electron chi connectivity index (χ4n) is 3.09. The standard InChI is InChI=1S/C24H24N2O3/c1-2-29-24(28)20-15-9-10-16-21(20)26-22(27)17-25-23(18-11-5-3-6-12-18)19-13-7-4-8-14-19/h3-16,23,25H,2,17H2,1H3,(H,26,27). The Bertz CT molecular complexity index is 903. The second-order valence-electron chi connectivity index (χ2n) is 6.45. The predicted octanol–water partition coefficient (Wildman–Crippen LogP) is 4.18. The zero-order valence-corrected chi connectivity index (χ0v) is 16.3. The van der Waals surface area contributed by atoms with Crippen LogP contribution in [0.25, 0.3) is 0 Å². The van der Waals surface area contributed by atoms with Crippen molar-refractivity contribution in [3.8, 4) is 0 Å². The first-order valence-corrected chi connectivity index (χ1v) is 9.58. The van der Waals surface area contributed by atoms with E-state index in [1.807, 2.05) is 60.7 Å². The molecule has 0 spiro atoms. The number of rotatable bonds is 8. The number of hydrogen-bond acceptors (Lipinski definition) is 4. The smallest absolute Gasteiger partial charge is 0.340 e. The van der Waals surface area contributed by atoms with Crippen LogP contribution in [0.4, 0.5) is 5.69 Å². The molecule has 0 atom stereocenters. The largest absolute Gasteiger partial charge is 0.462 e. The van der Waals surface area contributed by atoms with Crippen molar-refractivity contribution >= 4 is 17.6 Å². The lowest BCUT2D eigenvalue weighted by molar-refractivity contribution is -0.115. The molecule has 2 N–H and O–H groups in total. The first-order valence-electron chi connectivity index (χ1n) is 9.58. The Hall–Kier alpha value is -3.44. The van der Waals surface area contributed by atoms with E-state index in [0.717, 1.165) is 11.1 Å². The summed E-state index contributed by atoms with van der Waals surface area (Å²) < 4.78 is 5.06. The molecule has 29 heavy (non-hydrogen) atoms. The second-order valence-corrected chi connectivity index (χ2v) is 6.45. The lowest BCUT2D eigenvalue weighted by Gasteiger charge is -2.20. The molecule has 3 rings (SSSR count). The second kappa shape index (κ2) is 10.2. The van der Waals surface area contributed by atoms with E-state index in [-0.39, 0.29) is 25.1 Å². The Morgan fingerprint density at radius 3 is 1.97 bits per heavy atom. The summed E-state index contributed by atoms with van der Waals surface area (Å²) in [5, 5.41) is 6.12. The minimum absolute atomic E-state index is 0.0889. The maximum Gasteiger partial charge on any atom is 0.340 e. The van der Waals surface area contributed by atoms with Gasteiger partial charge in [-0.3, -0.25) is 10.1 Å². The fourth-order valence-corrected chi connectivity index (χ4v) is 3.09. The van der Waals surface area contributed by atoms with Gasteiger partial charge in [0.25, 0.3) is 0 Å². The Morgan fingerprint density at radius 2 is 1.38 bits per heavy atom. The zero-order valence-electron chi connectivity index (χ0n) is 16.3. The molecule has 0 heterocycles. The van der Waals surface area contributed by atoms with E-state index in [2.05, 4.69) is 10.6 Å². The summed E-state index contributed by atoms with van der Waals surface area (Å²) in [7, 11) is 0. The first kappa shape index (κ1) is 20.3. The Kier molecular flexibility index (Phi) is 7.14. The number of amides is 1. The monoisotopic (exact) mass is 388 g/mol. The number of nitrogens with one attached hydrogen (secondary N) is 2. The van der Waals surface area contributed by atoms with E-state index >= 15 is 0 Å². The van der Waals surface area contributed by atoms with Crippen molar-refractivity contribution in [1.82, 2.24) is 5.32 Å². The van der Waals surface area contributed by atoms with Crippen molar-refractivity contribution in [2.24, 2.45) is 0 Å². The van der Waals surface area contributed by atoms with Gasteiger partial charge in [0.1, 0.15) is 0 Å². The van der Waals surface area contributed by atoms with Crippen molar-refractivity contribution in [3.63, 3.8) is 0 Å². The molecule has 1 amide bonds. The van der Waals surface area contributed by atoms with Crippen LogP contribution in [0.3, 0.4) is 0 Å². The number of para-hydroxylation sites is 1. The van der Waals surface area contributed by atoms with E-state index in [1.165, 1.54) is 0 Å². The van der Waals surface area contributed by atoms with Crippen molar-refractivity contribution in [3.05, 3.63) is 102 Å². The molecule has 0 aliphatic rings. The van der Waals surface area contributed by atoms with E-state index in [0.29, 0.717) is 11.3 Å². The summed E-state index contributed by atoms with van der Waals surface area (Å²) in [5.74, 6) is -0.693. The van der Waals surface area contributed by atoms with Crippen molar-refractivity contribution in [1.29, 1.82) is 0 Å². The molecule has 3 aromatic rings. The third kappa shape index (κ3) is 5.53. The summed E-state index contributed by atoms with van der Waals surface area (Å²) in [6, 6.07) is 26.6. The highest BCUT2D eigenvalue weighted by molar-refractivity contribution is 6.01. The maximum absolute atomic E-state index is 12.6. The van der Waals surface area contributed by atoms with Gasteiger partial charge in [-0.15, -0.1) is 0 Å². The number of carbonyl (C=O) groups excluding carboxylic acids is 2. The highest BCUT2D eigenvalue weighted by Gasteiger charge is 2.17. The van der Waals surface area contributed by atoms with E-state index < -0.39 is 5.97 Å². The van der Waals surface area contributed by atoms with Gasteiger partial charge in [-0.25, -0.2) is 4.79 Å².